The Morgan fingerprint density at radius 2 is 1.96 bits per heavy atom. The van der Waals surface area contributed by atoms with Crippen LogP contribution < -0.4 is 5.32 Å². The van der Waals surface area contributed by atoms with Gasteiger partial charge in [0.15, 0.2) is 0 Å². The number of carbonyl (C=O) groups is 1. The van der Waals surface area contributed by atoms with Crippen LogP contribution in [-0.4, -0.2) is 66.7 Å². The topological polar surface area (TPSA) is 55.8 Å². The average molecular weight is 319 g/mol. The Hall–Kier alpha value is -1.43. The van der Waals surface area contributed by atoms with Crippen LogP contribution in [0, 0.1) is 5.92 Å². The van der Waals surface area contributed by atoms with Crippen molar-refractivity contribution >= 4 is 5.91 Å². The summed E-state index contributed by atoms with van der Waals surface area (Å²) >= 11 is 0. The first kappa shape index (κ1) is 17.9. The van der Waals surface area contributed by atoms with Gasteiger partial charge in [0.1, 0.15) is 0 Å². The molecule has 1 heterocycles. The fourth-order valence-electron chi connectivity index (χ4n) is 2.61. The highest BCUT2D eigenvalue weighted by atomic mass is 16.3. The minimum atomic E-state index is -0.507. The number of likely N-dealkylation sites (N-methyl/N-ethyl adjacent to an activating group) is 1. The van der Waals surface area contributed by atoms with E-state index in [1.54, 1.807) is 0 Å². The van der Waals surface area contributed by atoms with E-state index in [2.05, 4.69) is 28.2 Å². The van der Waals surface area contributed by atoms with Gasteiger partial charge in [0.05, 0.1) is 6.10 Å². The van der Waals surface area contributed by atoms with Crippen molar-refractivity contribution in [1.82, 2.24) is 15.1 Å². The van der Waals surface area contributed by atoms with Crippen molar-refractivity contribution in [1.29, 1.82) is 0 Å². The molecule has 1 aliphatic heterocycles. The van der Waals surface area contributed by atoms with E-state index < -0.39 is 6.10 Å². The van der Waals surface area contributed by atoms with Crippen molar-refractivity contribution in [2.24, 2.45) is 5.92 Å². The first-order valence-corrected chi connectivity index (χ1v) is 8.42. The van der Waals surface area contributed by atoms with Crippen molar-refractivity contribution in [3.05, 3.63) is 35.4 Å². The van der Waals surface area contributed by atoms with Gasteiger partial charge in [-0.25, -0.2) is 0 Å². The molecule has 0 saturated carbocycles. The normalized spacial score (nSPS) is 18.1. The maximum atomic E-state index is 12.2. The molecule has 1 aliphatic rings. The van der Waals surface area contributed by atoms with Crippen LogP contribution in [0.25, 0.3) is 0 Å². The zero-order valence-corrected chi connectivity index (χ0v) is 14.5. The van der Waals surface area contributed by atoms with Gasteiger partial charge in [0, 0.05) is 44.8 Å². The van der Waals surface area contributed by atoms with Crippen LogP contribution in [0.3, 0.4) is 0 Å². The number of amides is 1. The fourth-order valence-corrected chi connectivity index (χ4v) is 2.61. The van der Waals surface area contributed by atoms with Crippen molar-refractivity contribution in [2.75, 3.05) is 39.8 Å². The van der Waals surface area contributed by atoms with Gasteiger partial charge in [0.2, 0.25) is 0 Å². The van der Waals surface area contributed by atoms with Crippen LogP contribution in [0.4, 0.5) is 0 Å². The first-order chi connectivity index (χ1) is 11.0. The number of nitrogens with zero attached hydrogens (tertiary/aromatic N) is 2. The molecule has 0 aromatic heterocycles. The largest absolute Gasteiger partial charge is 0.391 e. The Labute approximate surface area is 139 Å². The van der Waals surface area contributed by atoms with E-state index in [1.165, 1.54) is 0 Å². The summed E-state index contributed by atoms with van der Waals surface area (Å²) in [4.78, 5) is 17.0. The molecule has 1 aromatic carbocycles. The summed E-state index contributed by atoms with van der Waals surface area (Å²) in [6.07, 6.45) is -0.507. The standard InChI is InChI=1S/C18H29N3O2/c1-14(2)17(22)12-19-18(23)16-6-4-5-15(11-16)13-21-9-7-20(3)8-10-21/h4-6,11,14,17,22H,7-10,12-13H2,1-3H3,(H,19,23). The van der Waals surface area contributed by atoms with Gasteiger partial charge >= 0.3 is 0 Å². The van der Waals surface area contributed by atoms with E-state index in [4.69, 9.17) is 0 Å². The number of rotatable bonds is 6. The Balaban J connectivity index is 1.90. The summed E-state index contributed by atoms with van der Waals surface area (Å²) in [5.41, 5.74) is 1.82. The lowest BCUT2D eigenvalue weighted by Crippen LogP contribution is -2.43. The molecule has 2 rings (SSSR count). The maximum absolute atomic E-state index is 12.2. The van der Waals surface area contributed by atoms with Gasteiger partial charge in [-0.15, -0.1) is 0 Å². The molecule has 2 N–H and O–H groups in total. The van der Waals surface area contributed by atoms with Gasteiger partial charge < -0.3 is 15.3 Å². The molecule has 0 spiro atoms. The Kier molecular flexibility index (Phi) is 6.57. The van der Waals surface area contributed by atoms with E-state index in [0.717, 1.165) is 38.3 Å². The molecule has 1 amide bonds. The third kappa shape index (κ3) is 5.61. The van der Waals surface area contributed by atoms with E-state index in [9.17, 15) is 9.90 Å². The van der Waals surface area contributed by atoms with Crippen LogP contribution in [0.15, 0.2) is 24.3 Å². The molecule has 1 saturated heterocycles. The lowest BCUT2D eigenvalue weighted by Gasteiger charge is -2.32. The van der Waals surface area contributed by atoms with Gasteiger partial charge in [-0.1, -0.05) is 26.0 Å². The van der Waals surface area contributed by atoms with Crippen LogP contribution in [0.1, 0.15) is 29.8 Å². The SMILES string of the molecule is CC(C)C(O)CNC(=O)c1cccc(CN2CCN(C)CC2)c1. The van der Waals surface area contributed by atoms with Crippen molar-refractivity contribution in [2.45, 2.75) is 26.5 Å². The third-order valence-electron chi connectivity index (χ3n) is 4.43. The molecule has 5 heteroatoms. The summed E-state index contributed by atoms with van der Waals surface area (Å²) in [6.45, 7) is 9.35. The number of hydrogen-bond acceptors (Lipinski definition) is 4. The number of carbonyl (C=O) groups excluding carboxylic acids is 1. The van der Waals surface area contributed by atoms with Gasteiger partial charge in [0.25, 0.3) is 5.91 Å². The lowest BCUT2D eigenvalue weighted by molar-refractivity contribution is 0.0871. The van der Waals surface area contributed by atoms with Gasteiger partial charge in [-0.05, 0) is 30.7 Å². The number of aliphatic hydroxyl groups excluding tert-OH is 1. The predicted octanol–water partition coefficient (Wildman–Crippen LogP) is 1.18. The smallest absolute Gasteiger partial charge is 0.251 e. The Bertz CT molecular complexity index is 511. The summed E-state index contributed by atoms with van der Waals surface area (Å²) in [5, 5.41) is 12.6. The second-order valence-corrected chi connectivity index (χ2v) is 6.80. The number of benzene rings is 1. The molecular weight excluding hydrogens is 290 g/mol. The summed E-state index contributed by atoms with van der Waals surface area (Å²) < 4.78 is 0. The fraction of sp³-hybridized carbons (Fsp3) is 0.611. The molecular formula is C18H29N3O2. The molecule has 1 fully saturated rings. The van der Waals surface area contributed by atoms with E-state index >= 15 is 0 Å². The molecule has 5 nitrogen and oxygen atoms in total. The molecule has 1 aromatic rings. The van der Waals surface area contributed by atoms with E-state index in [-0.39, 0.29) is 11.8 Å². The second kappa shape index (κ2) is 8.43. The third-order valence-corrected chi connectivity index (χ3v) is 4.43. The first-order valence-electron chi connectivity index (χ1n) is 8.42. The minimum absolute atomic E-state index is 0.120. The van der Waals surface area contributed by atoms with Gasteiger partial charge in [-0.2, -0.15) is 0 Å². The highest BCUT2D eigenvalue weighted by Crippen LogP contribution is 2.11. The zero-order chi connectivity index (χ0) is 16.8. The molecule has 0 radical (unpaired) electrons. The number of aliphatic hydroxyl groups is 1. The number of piperazine rings is 1. The molecule has 1 unspecified atom stereocenters. The van der Waals surface area contributed by atoms with Crippen molar-refractivity contribution in [3.8, 4) is 0 Å². The second-order valence-electron chi connectivity index (χ2n) is 6.80. The highest BCUT2D eigenvalue weighted by molar-refractivity contribution is 5.94. The average Bonchev–Trinajstić information content (AvgIpc) is 2.54. The van der Waals surface area contributed by atoms with Crippen LogP contribution in [0.2, 0.25) is 0 Å². The van der Waals surface area contributed by atoms with Crippen molar-refractivity contribution in [3.63, 3.8) is 0 Å². The molecule has 128 valence electrons. The Morgan fingerprint density at radius 3 is 2.61 bits per heavy atom. The zero-order valence-electron chi connectivity index (χ0n) is 14.5. The van der Waals surface area contributed by atoms with Gasteiger partial charge in [-0.3, -0.25) is 9.69 Å². The van der Waals surface area contributed by atoms with Crippen LogP contribution >= 0.6 is 0 Å². The maximum Gasteiger partial charge on any atom is 0.251 e. The van der Waals surface area contributed by atoms with E-state index in [0.29, 0.717) is 12.1 Å². The van der Waals surface area contributed by atoms with Crippen LogP contribution in [-0.2, 0) is 6.54 Å². The van der Waals surface area contributed by atoms with Crippen LogP contribution in [0.5, 0.6) is 0 Å². The van der Waals surface area contributed by atoms with E-state index in [1.807, 2.05) is 32.0 Å². The Morgan fingerprint density at radius 1 is 1.26 bits per heavy atom. The quantitative estimate of drug-likeness (QED) is 0.827. The molecule has 0 aliphatic carbocycles. The molecule has 1 atom stereocenters. The molecule has 0 bridgehead atoms. The lowest BCUT2D eigenvalue weighted by atomic mass is 10.1. The predicted molar refractivity (Wildman–Crippen MR) is 92.4 cm³/mol. The number of nitrogens with one attached hydrogen (secondary N) is 1. The minimum Gasteiger partial charge on any atom is -0.391 e. The monoisotopic (exact) mass is 319 g/mol. The highest BCUT2D eigenvalue weighted by Gasteiger charge is 2.15. The molecule has 23 heavy (non-hydrogen) atoms. The number of hydrogen-bond donors (Lipinski definition) is 2. The van der Waals surface area contributed by atoms with Crippen molar-refractivity contribution < 1.29 is 9.90 Å². The summed E-state index contributed by atoms with van der Waals surface area (Å²) in [5.74, 6) is 0.0174. The summed E-state index contributed by atoms with van der Waals surface area (Å²) in [7, 11) is 2.15. The summed E-state index contributed by atoms with van der Waals surface area (Å²) in [6, 6.07) is 7.78.